The number of fused-ring (bicyclic) bond motifs is 1. The van der Waals surface area contributed by atoms with Gasteiger partial charge in [0.15, 0.2) is 0 Å². The van der Waals surface area contributed by atoms with Gasteiger partial charge in [0.05, 0.1) is 12.8 Å². The molecule has 2 amide bonds. The monoisotopic (exact) mass is 496 g/mol. The number of imidazole rings is 1. The van der Waals surface area contributed by atoms with Crippen LogP contribution in [0.25, 0.3) is 22.0 Å². The maximum Gasteiger partial charge on any atom is 0.407 e. The summed E-state index contributed by atoms with van der Waals surface area (Å²) in [6.07, 6.45) is 5.14. The first-order chi connectivity index (χ1) is 15.4. The zero-order valence-corrected chi connectivity index (χ0v) is 19.7. The number of hydrogen-bond donors (Lipinski definition) is 2. The van der Waals surface area contributed by atoms with Crippen LogP contribution in [0.15, 0.2) is 59.2 Å². The lowest BCUT2D eigenvalue weighted by atomic mass is 10.0. The molecular weight excluding hydrogens is 472 g/mol. The summed E-state index contributed by atoms with van der Waals surface area (Å²) < 4.78 is 5.72. The fourth-order valence-corrected chi connectivity index (χ4v) is 4.48. The van der Waals surface area contributed by atoms with Crippen LogP contribution in [0.1, 0.15) is 25.7 Å². The summed E-state index contributed by atoms with van der Waals surface area (Å²) in [4.78, 5) is 34.8. The van der Waals surface area contributed by atoms with Gasteiger partial charge in [-0.3, -0.25) is 4.79 Å². The number of H-pyrrole nitrogens is 1. The summed E-state index contributed by atoms with van der Waals surface area (Å²) in [5, 5.41) is 4.86. The van der Waals surface area contributed by atoms with Crippen molar-refractivity contribution in [3.8, 4) is 11.3 Å². The van der Waals surface area contributed by atoms with Crippen molar-refractivity contribution < 1.29 is 14.3 Å². The molecule has 2 N–H and O–H groups in total. The maximum atomic E-state index is 13.3. The van der Waals surface area contributed by atoms with E-state index in [0.29, 0.717) is 12.4 Å². The number of rotatable bonds is 5. The number of ether oxygens (including phenoxy) is 1. The van der Waals surface area contributed by atoms with Crippen molar-refractivity contribution in [3.05, 3.63) is 65.0 Å². The van der Waals surface area contributed by atoms with Gasteiger partial charge in [0.2, 0.25) is 5.91 Å². The number of amides is 2. The van der Waals surface area contributed by atoms with Crippen molar-refractivity contribution in [2.24, 2.45) is 5.92 Å². The predicted octanol–water partition coefficient (Wildman–Crippen LogP) is 4.81. The number of alkyl carbamates (subject to hydrolysis) is 1. The summed E-state index contributed by atoms with van der Waals surface area (Å²) in [5.74, 6) is 0.409. The molecule has 32 heavy (non-hydrogen) atoms. The molecule has 1 aromatic heterocycles. The Kier molecular flexibility index (Phi) is 6.32. The summed E-state index contributed by atoms with van der Waals surface area (Å²) >= 11 is 3.61. The lowest BCUT2D eigenvalue weighted by molar-refractivity contribution is -0.135. The van der Waals surface area contributed by atoms with Crippen molar-refractivity contribution in [1.82, 2.24) is 20.2 Å². The van der Waals surface area contributed by atoms with Gasteiger partial charge in [-0.05, 0) is 22.8 Å². The third-order valence-electron chi connectivity index (χ3n) is 5.65. The van der Waals surface area contributed by atoms with Crippen LogP contribution in [0.5, 0.6) is 0 Å². The average Bonchev–Trinajstić information content (AvgIpc) is 3.46. The van der Waals surface area contributed by atoms with Crippen LogP contribution < -0.4 is 5.32 Å². The van der Waals surface area contributed by atoms with Gasteiger partial charge in [-0.2, -0.15) is 0 Å². The number of benzene rings is 2. The van der Waals surface area contributed by atoms with E-state index in [2.05, 4.69) is 38.4 Å². The summed E-state index contributed by atoms with van der Waals surface area (Å²) in [7, 11) is 1.29. The van der Waals surface area contributed by atoms with Crippen molar-refractivity contribution in [2.45, 2.75) is 25.9 Å². The smallest absolute Gasteiger partial charge is 0.407 e. The molecule has 2 atom stereocenters. The second-order valence-corrected chi connectivity index (χ2v) is 8.89. The normalized spacial score (nSPS) is 16.5. The highest BCUT2D eigenvalue weighted by Gasteiger charge is 2.35. The Bertz CT molecular complexity index is 1190. The van der Waals surface area contributed by atoms with Gasteiger partial charge in [0.25, 0.3) is 0 Å². The fourth-order valence-electron chi connectivity index (χ4n) is 3.99. The number of carbonyl (C=O) groups is 2. The van der Waals surface area contributed by atoms with Gasteiger partial charge in [0, 0.05) is 22.8 Å². The molecule has 7 nitrogen and oxygen atoms in total. The average molecular weight is 497 g/mol. The van der Waals surface area contributed by atoms with E-state index < -0.39 is 12.1 Å². The van der Waals surface area contributed by atoms with E-state index in [1.807, 2.05) is 56.5 Å². The Morgan fingerprint density at radius 2 is 1.97 bits per heavy atom. The topological polar surface area (TPSA) is 87.3 Å². The molecule has 0 aliphatic carbocycles. The molecule has 8 heteroatoms. The fraction of sp³-hybridized carbons (Fsp3) is 0.292. The SMILES string of the molecule is COC(=O)NC(C(=O)N1CC=C[C@H]1c1nc(-c2cccc3c(Br)cccc23)c[nH]1)C(C)C. The number of aromatic amines is 1. The van der Waals surface area contributed by atoms with Gasteiger partial charge in [-0.15, -0.1) is 0 Å². The minimum Gasteiger partial charge on any atom is -0.453 e. The maximum absolute atomic E-state index is 13.3. The summed E-state index contributed by atoms with van der Waals surface area (Å²) in [6, 6.07) is 11.2. The highest BCUT2D eigenvalue weighted by molar-refractivity contribution is 9.10. The van der Waals surface area contributed by atoms with Crippen LogP contribution in [0.3, 0.4) is 0 Å². The molecule has 0 saturated heterocycles. The van der Waals surface area contributed by atoms with Crippen molar-refractivity contribution in [2.75, 3.05) is 13.7 Å². The van der Waals surface area contributed by atoms with E-state index in [4.69, 9.17) is 9.72 Å². The molecule has 0 radical (unpaired) electrons. The summed E-state index contributed by atoms with van der Waals surface area (Å²) in [6.45, 7) is 4.23. The van der Waals surface area contributed by atoms with E-state index >= 15 is 0 Å². The van der Waals surface area contributed by atoms with Crippen molar-refractivity contribution >= 4 is 38.7 Å². The number of nitrogens with zero attached hydrogens (tertiary/aromatic N) is 2. The molecule has 0 bridgehead atoms. The summed E-state index contributed by atoms with van der Waals surface area (Å²) in [5.41, 5.74) is 1.82. The quantitative estimate of drug-likeness (QED) is 0.496. The van der Waals surface area contributed by atoms with Crippen LogP contribution in [0.4, 0.5) is 4.79 Å². The van der Waals surface area contributed by atoms with Gasteiger partial charge in [0.1, 0.15) is 17.9 Å². The zero-order valence-electron chi connectivity index (χ0n) is 18.1. The van der Waals surface area contributed by atoms with Crippen LogP contribution in [0, 0.1) is 5.92 Å². The number of aromatic nitrogens is 2. The molecule has 0 spiro atoms. The van der Waals surface area contributed by atoms with E-state index in [9.17, 15) is 9.59 Å². The largest absolute Gasteiger partial charge is 0.453 e. The molecule has 0 fully saturated rings. The minimum absolute atomic E-state index is 0.0934. The van der Waals surface area contributed by atoms with Crippen molar-refractivity contribution in [3.63, 3.8) is 0 Å². The molecule has 2 aromatic carbocycles. The third-order valence-corrected chi connectivity index (χ3v) is 6.34. The lowest BCUT2D eigenvalue weighted by Gasteiger charge is -2.29. The number of hydrogen-bond acceptors (Lipinski definition) is 4. The first-order valence-corrected chi connectivity index (χ1v) is 11.2. The molecule has 2 heterocycles. The zero-order chi connectivity index (χ0) is 22.8. The number of methoxy groups -OCH3 is 1. The van der Waals surface area contributed by atoms with Crippen LogP contribution >= 0.6 is 15.9 Å². The highest BCUT2D eigenvalue weighted by atomic mass is 79.9. The van der Waals surface area contributed by atoms with Gasteiger partial charge < -0.3 is 19.9 Å². The molecule has 1 unspecified atom stereocenters. The number of nitrogens with one attached hydrogen (secondary N) is 2. The van der Waals surface area contributed by atoms with Crippen LogP contribution in [-0.2, 0) is 9.53 Å². The Hall–Kier alpha value is -3.13. The Morgan fingerprint density at radius 3 is 2.72 bits per heavy atom. The first-order valence-electron chi connectivity index (χ1n) is 10.4. The number of carbonyl (C=O) groups excluding carboxylic acids is 2. The molecule has 1 aliphatic rings. The second-order valence-electron chi connectivity index (χ2n) is 8.03. The molecule has 4 rings (SSSR count). The van der Waals surface area contributed by atoms with E-state index in [-0.39, 0.29) is 17.9 Å². The Balaban J connectivity index is 1.63. The third kappa shape index (κ3) is 4.14. The van der Waals surface area contributed by atoms with Gasteiger partial charge in [-0.1, -0.05) is 72.3 Å². The predicted molar refractivity (Wildman–Crippen MR) is 127 cm³/mol. The first kappa shape index (κ1) is 22.1. The lowest BCUT2D eigenvalue weighted by Crippen LogP contribution is -2.51. The van der Waals surface area contributed by atoms with Gasteiger partial charge >= 0.3 is 6.09 Å². The van der Waals surface area contributed by atoms with E-state index in [1.54, 1.807) is 4.90 Å². The van der Waals surface area contributed by atoms with Crippen LogP contribution in [0.2, 0.25) is 0 Å². The van der Waals surface area contributed by atoms with Crippen molar-refractivity contribution in [1.29, 1.82) is 0 Å². The van der Waals surface area contributed by atoms with Gasteiger partial charge in [-0.25, -0.2) is 9.78 Å². The van der Waals surface area contributed by atoms with E-state index in [0.717, 1.165) is 26.5 Å². The molecule has 166 valence electrons. The molecular formula is C24H25BrN4O3. The van der Waals surface area contributed by atoms with Crippen LogP contribution in [-0.4, -0.2) is 46.6 Å². The number of halogens is 1. The highest BCUT2D eigenvalue weighted by Crippen LogP contribution is 2.33. The Labute approximate surface area is 195 Å². The molecule has 0 saturated carbocycles. The standard InChI is InChI=1S/C24H25BrN4O3/c1-14(2)21(28-24(31)32-3)23(30)29-12-6-11-20(29)22-26-13-19(27-22)17-9-4-8-16-15(17)7-5-10-18(16)25/h4-11,13-14,20-21H,12H2,1-3H3,(H,26,27)(H,28,31)/t20-,21?/m0/s1. The van der Waals surface area contributed by atoms with E-state index in [1.165, 1.54) is 7.11 Å². The Morgan fingerprint density at radius 1 is 1.22 bits per heavy atom. The second kappa shape index (κ2) is 9.16. The molecule has 1 aliphatic heterocycles. The molecule has 3 aromatic rings. The minimum atomic E-state index is -0.685.